The summed E-state index contributed by atoms with van der Waals surface area (Å²) in [6, 6.07) is 0. The van der Waals surface area contributed by atoms with Crippen LogP contribution in [-0.4, -0.2) is 72.4 Å². The minimum atomic E-state index is -5.24. The number of halogens is 12. The Morgan fingerprint density at radius 2 is 0.606 bits per heavy atom. The summed E-state index contributed by atoms with van der Waals surface area (Å²) in [5.74, 6) is 0. The molecule has 0 atom stereocenters. The molecule has 0 rings (SSSR count). The summed E-state index contributed by atoms with van der Waals surface area (Å²) < 4.78 is 163. The van der Waals surface area contributed by atoms with Gasteiger partial charge in [0.1, 0.15) is 9.84 Å². The zero-order valence-corrected chi connectivity index (χ0v) is 21.2. The maximum absolute atomic E-state index is 11.6. The smallest absolute Gasteiger partial charge is 0.388 e. The number of hydrogen-bond donors (Lipinski definition) is 0. The van der Waals surface area contributed by atoms with Crippen LogP contribution in [0.4, 0.5) is 52.7 Å². The monoisotopic (exact) mass is 562 g/mol. The maximum atomic E-state index is 11.6. The Labute approximate surface area is 190 Å². The molecule has 0 amide bonds. The molecule has 0 saturated carbocycles. The van der Waals surface area contributed by atoms with Crippen LogP contribution in [0, 0.1) is 10.8 Å². The van der Waals surface area contributed by atoms with E-state index < -0.39 is 45.4 Å². The van der Waals surface area contributed by atoms with Gasteiger partial charge in [-0.05, 0) is 40.2 Å². The Bertz CT molecular complexity index is 510. The van der Waals surface area contributed by atoms with Gasteiger partial charge < -0.3 is 4.74 Å². The predicted molar refractivity (Wildman–Crippen MR) is 105 cm³/mol. The van der Waals surface area contributed by atoms with Gasteiger partial charge in [-0.1, -0.05) is 0 Å². The molecule has 0 aliphatic carbocycles. The first-order valence-electron chi connectivity index (χ1n) is 8.05. The van der Waals surface area contributed by atoms with Crippen LogP contribution < -0.4 is 0 Å². The molecule has 0 fully saturated rings. The molecular formula is C16H30F12O3S2. The molecule has 0 aromatic carbocycles. The molecule has 0 bridgehead atoms. The van der Waals surface area contributed by atoms with E-state index in [4.69, 9.17) is 0 Å². The van der Waals surface area contributed by atoms with Crippen molar-refractivity contribution in [2.45, 2.75) is 52.4 Å². The highest BCUT2D eigenvalue weighted by Crippen LogP contribution is 2.50. The molecule has 0 spiro atoms. The lowest BCUT2D eigenvalue weighted by Crippen LogP contribution is -2.44. The third-order valence-corrected chi connectivity index (χ3v) is 2.83. The first kappa shape index (κ1) is 42.6. The van der Waals surface area contributed by atoms with E-state index in [-0.39, 0.29) is 27.7 Å². The lowest BCUT2D eigenvalue weighted by atomic mass is 9.92. The molecule has 0 unspecified atom stereocenters. The van der Waals surface area contributed by atoms with Gasteiger partial charge in [0.05, 0.1) is 0 Å². The van der Waals surface area contributed by atoms with Crippen LogP contribution in [0.15, 0.2) is 0 Å². The van der Waals surface area contributed by atoms with Crippen molar-refractivity contribution < 1.29 is 65.8 Å². The van der Waals surface area contributed by atoms with E-state index in [0.717, 1.165) is 12.5 Å². The highest BCUT2D eigenvalue weighted by molar-refractivity contribution is 7.97. The highest BCUT2D eigenvalue weighted by Gasteiger charge is 2.64. The van der Waals surface area contributed by atoms with Gasteiger partial charge in [0.25, 0.3) is 0 Å². The highest BCUT2D eigenvalue weighted by atomic mass is 32.2. The molecule has 33 heavy (non-hydrogen) atoms. The first-order valence-corrected chi connectivity index (χ1v) is 12.0. The average molecular weight is 563 g/mol. The standard InChI is InChI=1S/2C5H6F6.C2H6O2S.C2H6O.C2H6S/c2*1-3(2,4(6,7)8)5(9,10)11;1-5(2,3)4;2*1-3-2/h2*1-2H3;1-2H3;2*1-2H3. The molecule has 0 N–H and O–H groups in total. The van der Waals surface area contributed by atoms with Crippen molar-refractivity contribution in [3.63, 3.8) is 0 Å². The minimum Gasteiger partial charge on any atom is -0.388 e. The molecule has 0 aromatic heterocycles. The molecule has 0 heterocycles. The Balaban J connectivity index is -0.000000111. The molecule has 0 saturated heterocycles. The summed E-state index contributed by atoms with van der Waals surface area (Å²) in [6.07, 6.45) is -14.6. The fourth-order valence-corrected chi connectivity index (χ4v) is 0.321. The Morgan fingerprint density at radius 3 is 0.606 bits per heavy atom. The van der Waals surface area contributed by atoms with Gasteiger partial charge in [0.15, 0.2) is 10.8 Å². The van der Waals surface area contributed by atoms with Crippen LogP contribution >= 0.6 is 11.8 Å². The third kappa shape index (κ3) is 21.7. The van der Waals surface area contributed by atoms with Crippen LogP contribution in [0.5, 0.6) is 0 Å². The topological polar surface area (TPSA) is 43.4 Å². The van der Waals surface area contributed by atoms with Gasteiger partial charge in [0.2, 0.25) is 0 Å². The van der Waals surface area contributed by atoms with E-state index in [2.05, 4.69) is 4.74 Å². The number of hydrogen-bond acceptors (Lipinski definition) is 4. The van der Waals surface area contributed by atoms with Crippen LogP contribution in [0.2, 0.25) is 0 Å². The van der Waals surface area contributed by atoms with E-state index in [0.29, 0.717) is 0 Å². The van der Waals surface area contributed by atoms with Crippen molar-refractivity contribution in [2.75, 3.05) is 39.2 Å². The zero-order valence-electron chi connectivity index (χ0n) is 19.6. The second kappa shape index (κ2) is 15.4. The van der Waals surface area contributed by atoms with Gasteiger partial charge >= 0.3 is 24.7 Å². The maximum Gasteiger partial charge on any atom is 0.402 e. The number of rotatable bonds is 0. The van der Waals surface area contributed by atoms with Crippen molar-refractivity contribution in [1.29, 1.82) is 0 Å². The number of ether oxygens (including phenoxy) is 1. The van der Waals surface area contributed by atoms with E-state index in [1.54, 1.807) is 26.0 Å². The quantitative estimate of drug-likeness (QED) is 0.294. The lowest BCUT2D eigenvalue weighted by Gasteiger charge is -2.29. The van der Waals surface area contributed by atoms with Gasteiger partial charge in [0, 0.05) is 26.7 Å². The summed E-state index contributed by atoms with van der Waals surface area (Å²) >= 11 is 1.75. The summed E-state index contributed by atoms with van der Waals surface area (Å²) in [6.45, 7) is 0.417. The van der Waals surface area contributed by atoms with Gasteiger partial charge in [-0.3, -0.25) is 0 Å². The molecule has 0 aliphatic heterocycles. The van der Waals surface area contributed by atoms with Crippen molar-refractivity contribution in [3.8, 4) is 0 Å². The largest absolute Gasteiger partial charge is 0.402 e. The molecular weight excluding hydrogens is 532 g/mol. The molecule has 3 nitrogen and oxygen atoms in total. The second-order valence-electron chi connectivity index (χ2n) is 7.20. The molecule has 0 aromatic rings. The predicted octanol–water partition coefficient (Wildman–Crippen LogP) is 7.18. The number of alkyl halides is 12. The summed E-state index contributed by atoms with van der Waals surface area (Å²) in [5, 5.41) is 0. The normalized spacial score (nSPS) is 13.0. The van der Waals surface area contributed by atoms with Crippen molar-refractivity contribution in [2.24, 2.45) is 10.8 Å². The second-order valence-corrected chi connectivity index (χ2v) is 10.3. The summed E-state index contributed by atoms with van der Waals surface area (Å²) in [7, 11) is 0.583. The molecule has 208 valence electrons. The number of methoxy groups -OCH3 is 1. The minimum absolute atomic E-state index is 0.104. The summed E-state index contributed by atoms with van der Waals surface area (Å²) in [5.41, 5.74) is -7.25. The fourth-order valence-electron chi connectivity index (χ4n) is 0.321. The van der Waals surface area contributed by atoms with E-state index in [1.165, 1.54) is 0 Å². The number of thioether (sulfide) groups is 1. The van der Waals surface area contributed by atoms with Crippen molar-refractivity contribution >= 4 is 21.6 Å². The molecule has 0 radical (unpaired) electrons. The van der Waals surface area contributed by atoms with Gasteiger partial charge in [-0.2, -0.15) is 64.4 Å². The van der Waals surface area contributed by atoms with E-state index in [9.17, 15) is 61.1 Å². The zero-order chi connectivity index (χ0) is 28.9. The van der Waals surface area contributed by atoms with Crippen LogP contribution in [-0.2, 0) is 14.6 Å². The SMILES string of the molecule is CC(C)(C(F)(F)F)C(F)(F)F.CC(C)(C(F)(F)F)C(F)(F)F.COC.CS(C)(=O)=O.CSC. The first-order chi connectivity index (χ1) is 13.8. The molecule has 17 heteroatoms. The summed E-state index contributed by atoms with van der Waals surface area (Å²) in [4.78, 5) is 0. The number of sulfone groups is 1. The average Bonchev–Trinajstić information content (AvgIpc) is 2.43. The van der Waals surface area contributed by atoms with Crippen molar-refractivity contribution in [1.82, 2.24) is 0 Å². The third-order valence-electron chi connectivity index (χ3n) is 2.83. The fraction of sp³-hybridized carbons (Fsp3) is 1.00. The van der Waals surface area contributed by atoms with Gasteiger partial charge in [-0.25, -0.2) is 8.42 Å². The van der Waals surface area contributed by atoms with Crippen LogP contribution in [0.3, 0.4) is 0 Å². The van der Waals surface area contributed by atoms with Crippen LogP contribution in [0.1, 0.15) is 27.7 Å². The molecule has 0 aliphatic rings. The Kier molecular flexibility index (Phi) is 19.9. The lowest BCUT2D eigenvalue weighted by molar-refractivity contribution is -0.328. The van der Waals surface area contributed by atoms with Crippen LogP contribution in [0.25, 0.3) is 0 Å². The Morgan fingerprint density at radius 1 is 0.545 bits per heavy atom. The van der Waals surface area contributed by atoms with Crippen molar-refractivity contribution in [3.05, 3.63) is 0 Å². The Hall–Kier alpha value is -0.580. The van der Waals surface area contributed by atoms with E-state index in [1.807, 2.05) is 12.5 Å². The van der Waals surface area contributed by atoms with Gasteiger partial charge in [-0.15, -0.1) is 0 Å². The van der Waals surface area contributed by atoms with E-state index >= 15 is 0 Å².